The highest BCUT2D eigenvalue weighted by molar-refractivity contribution is 7.11. The van der Waals surface area contributed by atoms with Crippen molar-refractivity contribution in [3.05, 3.63) is 21.9 Å². The lowest BCUT2D eigenvalue weighted by atomic mass is 9.94. The predicted octanol–water partition coefficient (Wildman–Crippen LogP) is 4.27. The van der Waals surface area contributed by atoms with Gasteiger partial charge in [-0.2, -0.15) is 0 Å². The summed E-state index contributed by atoms with van der Waals surface area (Å²) in [6.45, 7) is 10.2. The third-order valence-corrected chi connectivity index (χ3v) is 4.64. The second-order valence-corrected chi connectivity index (χ2v) is 6.11. The fraction of sp³-hybridized carbons (Fsp3) is 0.733. The minimum absolute atomic E-state index is 0.642. The Morgan fingerprint density at radius 2 is 1.88 bits per heavy atom. The Morgan fingerprint density at radius 3 is 2.41 bits per heavy atom. The van der Waals surface area contributed by atoms with E-state index in [4.69, 9.17) is 0 Å². The van der Waals surface area contributed by atoms with Crippen molar-refractivity contribution in [2.24, 2.45) is 5.92 Å². The normalized spacial score (nSPS) is 14.8. The van der Waals surface area contributed by atoms with Crippen molar-refractivity contribution < 1.29 is 0 Å². The van der Waals surface area contributed by atoms with Crippen LogP contribution in [0.3, 0.4) is 0 Å². The van der Waals surface area contributed by atoms with E-state index in [1.807, 2.05) is 11.3 Å². The molecule has 0 aromatic carbocycles. The molecule has 2 atom stereocenters. The third-order valence-electron chi connectivity index (χ3n) is 3.38. The fourth-order valence-corrected chi connectivity index (χ4v) is 3.35. The van der Waals surface area contributed by atoms with Gasteiger partial charge in [0, 0.05) is 15.8 Å². The van der Waals surface area contributed by atoms with Crippen LogP contribution in [0.25, 0.3) is 0 Å². The lowest BCUT2D eigenvalue weighted by Gasteiger charge is -2.24. The van der Waals surface area contributed by atoms with Crippen LogP contribution in [0.4, 0.5) is 0 Å². The third kappa shape index (κ3) is 4.81. The molecule has 2 unspecified atom stereocenters. The molecule has 2 heteroatoms. The van der Waals surface area contributed by atoms with Gasteiger partial charge in [0.2, 0.25) is 0 Å². The molecule has 0 aliphatic heterocycles. The predicted molar refractivity (Wildman–Crippen MR) is 78.9 cm³/mol. The topological polar surface area (TPSA) is 12.0 Å². The molecule has 0 radical (unpaired) electrons. The molecule has 1 nitrogen and oxygen atoms in total. The van der Waals surface area contributed by atoms with Gasteiger partial charge in [-0.05, 0) is 43.9 Å². The van der Waals surface area contributed by atoms with Crippen LogP contribution >= 0.6 is 11.3 Å². The molecule has 0 saturated carbocycles. The van der Waals surface area contributed by atoms with Crippen LogP contribution in [0.1, 0.15) is 50.3 Å². The summed E-state index contributed by atoms with van der Waals surface area (Å²) in [6, 6.07) is 5.24. The van der Waals surface area contributed by atoms with Gasteiger partial charge in [0.25, 0.3) is 0 Å². The molecule has 1 N–H and O–H groups in total. The number of hydrogen-bond acceptors (Lipinski definition) is 2. The Labute approximate surface area is 111 Å². The molecule has 1 heterocycles. The first kappa shape index (κ1) is 14.7. The Morgan fingerprint density at radius 1 is 1.18 bits per heavy atom. The number of rotatable bonds is 8. The Hall–Kier alpha value is -0.340. The van der Waals surface area contributed by atoms with Crippen LogP contribution in [0.2, 0.25) is 0 Å². The average molecular weight is 253 g/mol. The molecule has 0 aliphatic carbocycles. The van der Waals surface area contributed by atoms with E-state index in [0.29, 0.717) is 6.04 Å². The van der Waals surface area contributed by atoms with Crippen molar-refractivity contribution in [2.75, 3.05) is 6.54 Å². The molecule has 0 bridgehead atoms. The molecule has 0 amide bonds. The lowest BCUT2D eigenvalue weighted by molar-refractivity contribution is 0.359. The van der Waals surface area contributed by atoms with E-state index >= 15 is 0 Å². The first-order valence-corrected chi connectivity index (χ1v) is 7.83. The number of thiophene rings is 1. The number of aryl methyl sites for hydroxylation is 1. The van der Waals surface area contributed by atoms with E-state index in [9.17, 15) is 0 Å². The second kappa shape index (κ2) is 7.88. The zero-order valence-electron chi connectivity index (χ0n) is 11.8. The van der Waals surface area contributed by atoms with Gasteiger partial charge in [0.1, 0.15) is 0 Å². The summed E-state index contributed by atoms with van der Waals surface area (Å²) in [5.74, 6) is 0.770. The molecule has 1 aromatic rings. The molecule has 0 spiro atoms. The Bertz CT molecular complexity index is 306. The van der Waals surface area contributed by atoms with Gasteiger partial charge in [-0.15, -0.1) is 11.3 Å². The summed E-state index contributed by atoms with van der Waals surface area (Å²) in [5, 5.41) is 3.65. The van der Waals surface area contributed by atoms with Crippen LogP contribution in [0.5, 0.6) is 0 Å². The molecule has 0 saturated heterocycles. The summed E-state index contributed by atoms with van der Waals surface area (Å²) < 4.78 is 0. The highest BCUT2D eigenvalue weighted by Gasteiger charge is 2.16. The van der Waals surface area contributed by atoms with Crippen LogP contribution in [-0.2, 0) is 12.8 Å². The maximum absolute atomic E-state index is 3.65. The molecular formula is C15H27NS. The minimum atomic E-state index is 0.642. The van der Waals surface area contributed by atoms with Gasteiger partial charge >= 0.3 is 0 Å². The summed E-state index contributed by atoms with van der Waals surface area (Å²) in [4.78, 5) is 3.05. The zero-order valence-corrected chi connectivity index (χ0v) is 12.6. The van der Waals surface area contributed by atoms with Crippen molar-refractivity contribution in [1.82, 2.24) is 5.32 Å². The monoisotopic (exact) mass is 253 g/mol. The van der Waals surface area contributed by atoms with E-state index in [-0.39, 0.29) is 0 Å². The maximum Gasteiger partial charge on any atom is 0.0141 e. The summed E-state index contributed by atoms with van der Waals surface area (Å²) in [5.41, 5.74) is 0. The van der Waals surface area contributed by atoms with Crippen LogP contribution in [0, 0.1) is 5.92 Å². The van der Waals surface area contributed by atoms with Crippen molar-refractivity contribution >= 4 is 11.3 Å². The van der Waals surface area contributed by atoms with Crippen LogP contribution in [-0.4, -0.2) is 12.6 Å². The van der Waals surface area contributed by atoms with Gasteiger partial charge in [-0.3, -0.25) is 0 Å². The quantitative estimate of drug-likeness (QED) is 0.729. The van der Waals surface area contributed by atoms with Gasteiger partial charge < -0.3 is 5.32 Å². The van der Waals surface area contributed by atoms with Crippen LogP contribution in [0.15, 0.2) is 12.1 Å². The Balaban J connectivity index is 2.58. The van der Waals surface area contributed by atoms with Gasteiger partial charge in [0.05, 0.1) is 0 Å². The summed E-state index contributed by atoms with van der Waals surface area (Å²) in [7, 11) is 0. The van der Waals surface area contributed by atoms with Gasteiger partial charge in [-0.25, -0.2) is 0 Å². The van der Waals surface area contributed by atoms with E-state index in [1.54, 1.807) is 0 Å². The second-order valence-electron chi connectivity index (χ2n) is 4.86. The molecule has 98 valence electrons. The first-order valence-electron chi connectivity index (χ1n) is 7.02. The molecular weight excluding hydrogens is 226 g/mol. The highest BCUT2D eigenvalue weighted by Crippen LogP contribution is 2.22. The average Bonchev–Trinajstić information content (AvgIpc) is 2.76. The molecule has 0 aliphatic rings. The number of nitrogens with one attached hydrogen (secondary N) is 1. The maximum atomic E-state index is 3.65. The van der Waals surface area contributed by atoms with E-state index in [0.717, 1.165) is 12.5 Å². The fourth-order valence-electron chi connectivity index (χ4n) is 2.33. The van der Waals surface area contributed by atoms with E-state index < -0.39 is 0 Å². The van der Waals surface area contributed by atoms with Crippen molar-refractivity contribution in [2.45, 2.75) is 59.4 Å². The molecule has 1 rings (SSSR count). The minimum Gasteiger partial charge on any atom is -0.314 e. The summed E-state index contributed by atoms with van der Waals surface area (Å²) in [6.07, 6.45) is 4.97. The van der Waals surface area contributed by atoms with E-state index in [1.165, 1.54) is 35.4 Å². The molecule has 17 heavy (non-hydrogen) atoms. The smallest absolute Gasteiger partial charge is 0.0141 e. The first-order chi connectivity index (χ1) is 8.21. The SMILES string of the molecule is CCCC(C)C(Cc1ccc(CC)s1)NCC. The largest absolute Gasteiger partial charge is 0.314 e. The van der Waals surface area contributed by atoms with E-state index in [2.05, 4.69) is 45.1 Å². The van der Waals surface area contributed by atoms with Crippen molar-refractivity contribution in [3.8, 4) is 0 Å². The highest BCUT2D eigenvalue weighted by atomic mass is 32.1. The molecule has 1 aromatic heterocycles. The zero-order chi connectivity index (χ0) is 12.7. The number of hydrogen-bond donors (Lipinski definition) is 1. The van der Waals surface area contributed by atoms with Gasteiger partial charge in [-0.1, -0.05) is 34.1 Å². The molecule has 0 fully saturated rings. The van der Waals surface area contributed by atoms with Crippen molar-refractivity contribution in [3.63, 3.8) is 0 Å². The standard InChI is InChI=1S/C15H27NS/c1-5-8-12(4)15(16-7-3)11-14-10-9-13(6-2)17-14/h9-10,12,15-16H,5-8,11H2,1-4H3. The lowest BCUT2D eigenvalue weighted by Crippen LogP contribution is -2.36. The summed E-state index contributed by atoms with van der Waals surface area (Å²) >= 11 is 1.98. The van der Waals surface area contributed by atoms with Gasteiger partial charge in [0.15, 0.2) is 0 Å². The van der Waals surface area contributed by atoms with Crippen LogP contribution < -0.4 is 5.32 Å². The number of likely N-dealkylation sites (N-methyl/N-ethyl adjacent to an activating group) is 1. The van der Waals surface area contributed by atoms with Crippen molar-refractivity contribution in [1.29, 1.82) is 0 Å². The Kier molecular flexibility index (Phi) is 6.83.